The van der Waals surface area contributed by atoms with E-state index in [0.29, 0.717) is 0 Å². The quantitative estimate of drug-likeness (QED) is 0.535. The molecule has 0 unspecified atom stereocenters. The number of nitrogens with two attached hydrogens (primary N) is 1. The number of quaternary nitrogens is 1. The van der Waals surface area contributed by atoms with Crippen LogP contribution in [0.1, 0.15) is 7.43 Å². The van der Waals surface area contributed by atoms with Crippen molar-refractivity contribution in [3.63, 3.8) is 0 Å². The summed E-state index contributed by atoms with van der Waals surface area (Å²) in [5.74, 6) is 0. The second-order valence-corrected chi connectivity index (χ2v) is 1.08. The number of benzene rings is 1. The molecule has 0 fully saturated rings. The fourth-order valence-corrected chi connectivity index (χ4v) is 0.342. The monoisotopic (exact) mass is 142 g/mol. The van der Waals surface area contributed by atoms with Crippen molar-refractivity contribution in [2.75, 3.05) is 7.05 Å². The Labute approximate surface area is 63.6 Å². The molecule has 60 valence electrons. The van der Waals surface area contributed by atoms with Crippen molar-refractivity contribution in [2.45, 2.75) is 7.43 Å². The Balaban J connectivity index is -0.000000114. The normalized spacial score (nSPS) is 5.40. The van der Waals surface area contributed by atoms with Crippen molar-refractivity contribution in [3.8, 4) is 0 Å². The summed E-state index contributed by atoms with van der Waals surface area (Å²) in [6, 6.07) is 12.5. The lowest BCUT2D eigenvalue weighted by molar-refractivity contribution is 1.48. The first-order chi connectivity index (χ1) is 4.00. The number of rotatable bonds is 0. The third-order valence-corrected chi connectivity index (χ3v) is 0.607. The van der Waals surface area contributed by atoms with E-state index < -0.39 is 0 Å². The lowest BCUT2D eigenvalue weighted by Crippen LogP contribution is -1.69. The van der Waals surface area contributed by atoms with Gasteiger partial charge in [-0.15, -0.1) is 0 Å². The summed E-state index contributed by atoms with van der Waals surface area (Å²) in [7, 11) is 1.50. The van der Waals surface area contributed by atoms with Gasteiger partial charge in [-0.2, -0.15) is 36.4 Å². The summed E-state index contributed by atoms with van der Waals surface area (Å²) in [6.45, 7) is 0. The maximum absolute atomic E-state index is 4.50. The number of hydrogen-bond acceptors (Lipinski definition) is 1. The standard InChI is InChI=1S/C6H5.CH5N.CH4.H3N/c1-2-4-6-5-3-1;1-2;;/h1-5H;2H2,1H3;1H4;1H3/q-1;;;/p+1. The van der Waals surface area contributed by atoms with E-state index in [9.17, 15) is 0 Å². The summed E-state index contributed by atoms with van der Waals surface area (Å²) in [6.07, 6.45) is 0. The molecule has 0 amide bonds. The lowest BCUT2D eigenvalue weighted by Gasteiger charge is -1.81. The minimum Gasteiger partial charge on any atom is -0.369 e. The van der Waals surface area contributed by atoms with Crippen LogP contribution in [0.3, 0.4) is 0 Å². The SMILES string of the molecule is C.CN.[NH4+].[c-]1ccccc1. The smallest absolute Gasteiger partial charge is 0.0195 e. The maximum Gasteiger partial charge on any atom is -0.0195 e. The minimum absolute atomic E-state index is 0. The van der Waals surface area contributed by atoms with Gasteiger partial charge in [0.15, 0.2) is 0 Å². The van der Waals surface area contributed by atoms with Gasteiger partial charge < -0.3 is 11.9 Å². The molecular weight excluding hydrogens is 124 g/mol. The first-order valence-corrected chi connectivity index (χ1v) is 2.49. The highest BCUT2D eigenvalue weighted by Gasteiger charge is 1.46. The van der Waals surface area contributed by atoms with Gasteiger partial charge in [-0.1, -0.05) is 7.43 Å². The molecule has 1 aromatic carbocycles. The average molecular weight is 142 g/mol. The van der Waals surface area contributed by atoms with Gasteiger partial charge in [0.05, 0.1) is 0 Å². The van der Waals surface area contributed by atoms with Crippen LogP contribution in [0.2, 0.25) is 0 Å². The predicted molar refractivity (Wildman–Crippen MR) is 48.1 cm³/mol. The lowest BCUT2D eigenvalue weighted by atomic mass is 10.4. The molecule has 0 saturated carbocycles. The van der Waals surface area contributed by atoms with E-state index in [4.69, 9.17) is 0 Å². The van der Waals surface area contributed by atoms with Crippen LogP contribution in [0, 0.1) is 6.07 Å². The molecule has 6 N–H and O–H groups in total. The van der Waals surface area contributed by atoms with Crippen LogP contribution < -0.4 is 11.9 Å². The van der Waals surface area contributed by atoms with E-state index in [-0.39, 0.29) is 13.6 Å². The largest absolute Gasteiger partial charge is 0.369 e. The van der Waals surface area contributed by atoms with Gasteiger partial charge >= 0.3 is 0 Å². The van der Waals surface area contributed by atoms with Gasteiger partial charge in [-0.25, -0.2) is 0 Å². The molecule has 0 bridgehead atoms. The molecule has 0 aromatic heterocycles. The van der Waals surface area contributed by atoms with Gasteiger partial charge in [-0.3, -0.25) is 0 Å². The molecule has 0 radical (unpaired) electrons. The molecule has 0 heterocycles. The Bertz CT molecular complexity index is 79.2. The van der Waals surface area contributed by atoms with Gasteiger partial charge in [0.2, 0.25) is 0 Å². The minimum atomic E-state index is 0. The van der Waals surface area contributed by atoms with Gasteiger partial charge in [0.25, 0.3) is 0 Å². The van der Waals surface area contributed by atoms with Crippen molar-refractivity contribution < 1.29 is 0 Å². The van der Waals surface area contributed by atoms with Gasteiger partial charge in [0, 0.05) is 0 Å². The predicted octanol–water partition coefficient (Wildman–Crippen LogP) is 2.07. The summed E-state index contributed by atoms with van der Waals surface area (Å²) >= 11 is 0. The van der Waals surface area contributed by atoms with E-state index in [2.05, 4.69) is 11.8 Å². The Morgan fingerprint density at radius 1 is 1.00 bits per heavy atom. The van der Waals surface area contributed by atoms with Crippen LogP contribution in [0.15, 0.2) is 30.3 Å². The Kier molecular flexibility index (Phi) is 25.2. The molecule has 0 saturated heterocycles. The molecule has 1 aromatic rings. The summed E-state index contributed by atoms with van der Waals surface area (Å²) < 4.78 is 0. The average Bonchev–Trinajstić information content (AvgIpc) is 1.96. The van der Waals surface area contributed by atoms with Crippen molar-refractivity contribution >= 4 is 0 Å². The molecule has 10 heavy (non-hydrogen) atoms. The van der Waals surface area contributed by atoms with Crippen molar-refractivity contribution in [1.29, 1.82) is 0 Å². The molecule has 0 aliphatic carbocycles. The van der Waals surface area contributed by atoms with Crippen LogP contribution in [-0.4, -0.2) is 7.05 Å². The molecule has 0 atom stereocenters. The highest BCUT2D eigenvalue weighted by atomic mass is 14.4. The molecule has 0 aliphatic heterocycles. The third kappa shape index (κ3) is 10.2. The maximum atomic E-state index is 4.50. The fourth-order valence-electron chi connectivity index (χ4n) is 0.342. The third-order valence-electron chi connectivity index (χ3n) is 0.607. The zero-order valence-corrected chi connectivity index (χ0v) is 5.96. The molecule has 2 heteroatoms. The van der Waals surface area contributed by atoms with Crippen LogP contribution in [0.4, 0.5) is 0 Å². The molecule has 0 spiro atoms. The first-order valence-electron chi connectivity index (χ1n) is 2.49. The van der Waals surface area contributed by atoms with Crippen molar-refractivity contribution in [1.82, 2.24) is 6.15 Å². The topological polar surface area (TPSA) is 62.5 Å². The number of hydrogen-bond donors (Lipinski definition) is 2. The molecule has 2 nitrogen and oxygen atoms in total. The Morgan fingerprint density at radius 2 is 1.40 bits per heavy atom. The second kappa shape index (κ2) is 15.7. The van der Waals surface area contributed by atoms with E-state index >= 15 is 0 Å². The summed E-state index contributed by atoms with van der Waals surface area (Å²) in [5, 5.41) is 0. The molecule has 1 rings (SSSR count). The highest BCUT2D eigenvalue weighted by Crippen LogP contribution is 1.78. The van der Waals surface area contributed by atoms with Crippen molar-refractivity contribution in [3.05, 3.63) is 36.4 Å². The summed E-state index contributed by atoms with van der Waals surface area (Å²) in [5.41, 5.74) is 4.50. The van der Waals surface area contributed by atoms with Gasteiger partial charge in [-0.05, 0) is 7.05 Å². The van der Waals surface area contributed by atoms with E-state index in [1.807, 2.05) is 30.3 Å². The Hall–Kier alpha value is -0.860. The Morgan fingerprint density at radius 3 is 1.50 bits per heavy atom. The first kappa shape index (κ1) is 16.1. The fraction of sp³-hybridized carbons (Fsp3) is 0.250. The van der Waals surface area contributed by atoms with E-state index in [1.165, 1.54) is 7.05 Å². The van der Waals surface area contributed by atoms with Crippen LogP contribution in [0.25, 0.3) is 0 Å². The second-order valence-electron chi connectivity index (χ2n) is 1.08. The van der Waals surface area contributed by atoms with Crippen molar-refractivity contribution in [2.24, 2.45) is 5.73 Å². The van der Waals surface area contributed by atoms with E-state index in [0.717, 1.165) is 0 Å². The highest BCUT2D eigenvalue weighted by molar-refractivity contribution is 4.97. The molecule has 0 aliphatic rings. The van der Waals surface area contributed by atoms with E-state index in [1.54, 1.807) is 0 Å². The molecular formula is C8H18N2. The van der Waals surface area contributed by atoms with Gasteiger partial charge in [0.1, 0.15) is 0 Å². The van der Waals surface area contributed by atoms with Crippen LogP contribution >= 0.6 is 0 Å². The summed E-state index contributed by atoms with van der Waals surface area (Å²) in [4.78, 5) is 0. The van der Waals surface area contributed by atoms with Crippen LogP contribution in [0.5, 0.6) is 0 Å². The van der Waals surface area contributed by atoms with Crippen LogP contribution in [-0.2, 0) is 0 Å². The zero-order valence-electron chi connectivity index (χ0n) is 5.96. The zero-order chi connectivity index (χ0) is 6.24.